The van der Waals surface area contributed by atoms with Crippen molar-refractivity contribution in [3.63, 3.8) is 0 Å². The van der Waals surface area contributed by atoms with E-state index in [4.69, 9.17) is 0 Å². The third kappa shape index (κ3) is 5.84. The summed E-state index contributed by atoms with van der Waals surface area (Å²) in [6.45, 7) is 4.03. The fourth-order valence-corrected chi connectivity index (χ4v) is 2.70. The van der Waals surface area contributed by atoms with Crippen molar-refractivity contribution in [3.8, 4) is 0 Å². The van der Waals surface area contributed by atoms with Gasteiger partial charge in [-0.25, -0.2) is 0 Å². The minimum atomic E-state index is -0.930. The highest BCUT2D eigenvalue weighted by molar-refractivity contribution is 7.83. The zero-order valence-electron chi connectivity index (χ0n) is 12.3. The predicted molar refractivity (Wildman–Crippen MR) is 82.0 cm³/mol. The van der Waals surface area contributed by atoms with Crippen LogP contribution in [0.3, 0.4) is 0 Å². The SMILES string of the molecule is CC(C)CC(CO)NC(=O)c1cccc(CS(C)=O)c1. The highest BCUT2D eigenvalue weighted by Gasteiger charge is 2.14. The maximum atomic E-state index is 12.1. The fraction of sp³-hybridized carbons (Fsp3) is 0.533. The van der Waals surface area contributed by atoms with Gasteiger partial charge >= 0.3 is 0 Å². The molecule has 4 nitrogen and oxygen atoms in total. The van der Waals surface area contributed by atoms with Crippen molar-refractivity contribution in [3.05, 3.63) is 35.4 Å². The van der Waals surface area contributed by atoms with Gasteiger partial charge in [-0.05, 0) is 30.0 Å². The molecule has 112 valence electrons. The second kappa shape index (κ2) is 8.17. The third-order valence-corrected chi connectivity index (χ3v) is 3.61. The van der Waals surface area contributed by atoms with Crippen LogP contribution in [0, 0.1) is 5.92 Å². The summed E-state index contributed by atoms with van der Waals surface area (Å²) >= 11 is 0. The van der Waals surface area contributed by atoms with Gasteiger partial charge in [0, 0.05) is 28.4 Å². The standard InChI is InChI=1S/C15H23NO3S/c1-11(2)7-14(9-17)16-15(18)13-6-4-5-12(8-13)10-20(3)19/h4-6,8,11,14,17H,7,9-10H2,1-3H3,(H,16,18). The Balaban J connectivity index is 2.73. The Morgan fingerprint density at radius 1 is 1.40 bits per heavy atom. The molecule has 0 aliphatic heterocycles. The van der Waals surface area contributed by atoms with E-state index in [0.717, 1.165) is 12.0 Å². The molecule has 1 aromatic carbocycles. The lowest BCUT2D eigenvalue weighted by molar-refractivity contribution is 0.0908. The Morgan fingerprint density at radius 2 is 2.10 bits per heavy atom. The Hall–Kier alpha value is -1.20. The molecule has 0 heterocycles. The van der Waals surface area contributed by atoms with Crippen LogP contribution in [0.1, 0.15) is 36.2 Å². The lowest BCUT2D eigenvalue weighted by atomic mass is 10.0. The van der Waals surface area contributed by atoms with Gasteiger partial charge in [-0.3, -0.25) is 9.00 Å². The molecular formula is C15H23NO3S. The van der Waals surface area contributed by atoms with Crippen molar-refractivity contribution >= 4 is 16.7 Å². The zero-order valence-corrected chi connectivity index (χ0v) is 13.1. The molecule has 1 rings (SSSR count). The van der Waals surface area contributed by atoms with Crippen LogP contribution in [-0.4, -0.2) is 34.1 Å². The molecule has 0 saturated heterocycles. The van der Waals surface area contributed by atoms with Crippen LogP contribution in [0.2, 0.25) is 0 Å². The highest BCUT2D eigenvalue weighted by Crippen LogP contribution is 2.09. The third-order valence-electron chi connectivity index (χ3n) is 2.87. The van der Waals surface area contributed by atoms with E-state index >= 15 is 0 Å². The van der Waals surface area contributed by atoms with Crippen molar-refractivity contribution in [1.82, 2.24) is 5.32 Å². The number of rotatable bonds is 7. The van der Waals surface area contributed by atoms with E-state index in [0.29, 0.717) is 17.2 Å². The van der Waals surface area contributed by atoms with E-state index in [9.17, 15) is 14.1 Å². The molecule has 1 amide bonds. The monoisotopic (exact) mass is 297 g/mol. The lowest BCUT2D eigenvalue weighted by Gasteiger charge is -2.18. The van der Waals surface area contributed by atoms with Gasteiger partial charge in [-0.1, -0.05) is 26.0 Å². The number of carbonyl (C=O) groups excluding carboxylic acids is 1. The molecule has 0 spiro atoms. The van der Waals surface area contributed by atoms with Gasteiger partial charge < -0.3 is 10.4 Å². The molecule has 0 fully saturated rings. The summed E-state index contributed by atoms with van der Waals surface area (Å²) in [5, 5.41) is 12.1. The maximum Gasteiger partial charge on any atom is 0.251 e. The average Bonchev–Trinajstić information content (AvgIpc) is 2.36. The van der Waals surface area contributed by atoms with Gasteiger partial charge in [-0.15, -0.1) is 0 Å². The highest BCUT2D eigenvalue weighted by atomic mass is 32.2. The first-order valence-electron chi connectivity index (χ1n) is 6.73. The number of aliphatic hydroxyl groups is 1. The first-order chi connectivity index (χ1) is 9.42. The van der Waals surface area contributed by atoms with Gasteiger partial charge in [0.2, 0.25) is 0 Å². The van der Waals surface area contributed by atoms with E-state index in [1.807, 2.05) is 19.9 Å². The normalized spacial score (nSPS) is 14.1. The molecule has 0 radical (unpaired) electrons. The van der Waals surface area contributed by atoms with Gasteiger partial charge in [0.05, 0.1) is 12.6 Å². The van der Waals surface area contributed by atoms with Crippen LogP contribution in [0.15, 0.2) is 24.3 Å². The largest absolute Gasteiger partial charge is 0.394 e. The van der Waals surface area contributed by atoms with Crippen molar-refractivity contribution in [1.29, 1.82) is 0 Å². The summed E-state index contributed by atoms with van der Waals surface area (Å²) in [5.74, 6) is 0.644. The molecule has 2 unspecified atom stereocenters. The number of nitrogens with one attached hydrogen (secondary N) is 1. The Kier molecular flexibility index (Phi) is 6.88. The van der Waals surface area contributed by atoms with E-state index in [1.165, 1.54) is 0 Å². The van der Waals surface area contributed by atoms with Crippen molar-refractivity contribution in [2.24, 2.45) is 5.92 Å². The van der Waals surface area contributed by atoms with E-state index in [2.05, 4.69) is 5.32 Å². The smallest absolute Gasteiger partial charge is 0.251 e. The number of aliphatic hydroxyl groups excluding tert-OH is 1. The quantitative estimate of drug-likeness (QED) is 0.805. The van der Waals surface area contributed by atoms with E-state index < -0.39 is 10.8 Å². The van der Waals surface area contributed by atoms with Crippen LogP contribution in [-0.2, 0) is 16.6 Å². The molecule has 1 aromatic rings. The molecular weight excluding hydrogens is 274 g/mol. The summed E-state index contributed by atoms with van der Waals surface area (Å²) in [4.78, 5) is 12.1. The summed E-state index contributed by atoms with van der Waals surface area (Å²) in [7, 11) is -0.930. The minimum absolute atomic E-state index is 0.0669. The van der Waals surface area contributed by atoms with Crippen LogP contribution < -0.4 is 5.32 Å². The Morgan fingerprint density at radius 3 is 2.65 bits per heavy atom. The average molecular weight is 297 g/mol. The first kappa shape index (κ1) is 16.9. The minimum Gasteiger partial charge on any atom is -0.394 e. The lowest BCUT2D eigenvalue weighted by Crippen LogP contribution is -2.38. The topological polar surface area (TPSA) is 66.4 Å². The molecule has 0 aromatic heterocycles. The number of hydrogen-bond donors (Lipinski definition) is 2. The summed E-state index contributed by atoms with van der Waals surface area (Å²) in [6.07, 6.45) is 2.37. The molecule has 0 aliphatic rings. The number of benzene rings is 1. The van der Waals surface area contributed by atoms with Crippen LogP contribution in [0.25, 0.3) is 0 Å². The first-order valence-corrected chi connectivity index (χ1v) is 8.45. The maximum absolute atomic E-state index is 12.1. The van der Waals surface area contributed by atoms with Crippen LogP contribution >= 0.6 is 0 Å². The van der Waals surface area contributed by atoms with Gasteiger partial charge in [0.25, 0.3) is 5.91 Å². The summed E-state index contributed by atoms with van der Waals surface area (Å²) in [5.41, 5.74) is 1.41. The molecule has 2 N–H and O–H groups in total. The molecule has 0 aliphatic carbocycles. The number of carbonyl (C=O) groups is 1. The summed E-state index contributed by atoms with van der Waals surface area (Å²) in [6, 6.07) is 6.89. The van der Waals surface area contributed by atoms with E-state index in [-0.39, 0.29) is 18.6 Å². The van der Waals surface area contributed by atoms with Crippen molar-refractivity contribution < 1.29 is 14.1 Å². The Bertz CT molecular complexity index is 474. The van der Waals surface area contributed by atoms with Gasteiger partial charge in [0.1, 0.15) is 0 Å². The van der Waals surface area contributed by atoms with Gasteiger partial charge in [-0.2, -0.15) is 0 Å². The van der Waals surface area contributed by atoms with Gasteiger partial charge in [0.15, 0.2) is 0 Å². The van der Waals surface area contributed by atoms with Crippen LogP contribution in [0.4, 0.5) is 0 Å². The van der Waals surface area contributed by atoms with Crippen molar-refractivity contribution in [2.45, 2.75) is 32.1 Å². The zero-order chi connectivity index (χ0) is 15.1. The second-order valence-corrected chi connectivity index (χ2v) is 6.84. The number of amides is 1. The molecule has 0 bridgehead atoms. The molecule has 2 atom stereocenters. The molecule has 20 heavy (non-hydrogen) atoms. The Labute approximate surface area is 123 Å². The molecule has 0 saturated carbocycles. The molecule has 5 heteroatoms. The van der Waals surface area contributed by atoms with Crippen LogP contribution in [0.5, 0.6) is 0 Å². The predicted octanol–water partition coefficient (Wildman–Crippen LogP) is 1.70. The van der Waals surface area contributed by atoms with E-state index in [1.54, 1.807) is 24.5 Å². The number of hydrogen-bond acceptors (Lipinski definition) is 3. The van der Waals surface area contributed by atoms with Crippen molar-refractivity contribution in [2.75, 3.05) is 12.9 Å². The summed E-state index contributed by atoms with van der Waals surface area (Å²) < 4.78 is 11.2. The fourth-order valence-electron chi connectivity index (χ4n) is 2.05. The second-order valence-electron chi connectivity index (χ2n) is 5.40.